The van der Waals surface area contributed by atoms with Crippen molar-refractivity contribution in [2.24, 2.45) is 0 Å². The molecule has 0 unspecified atom stereocenters. The van der Waals surface area contributed by atoms with Crippen LogP contribution < -0.4 is 9.47 Å². The zero-order chi connectivity index (χ0) is 25.5. The van der Waals surface area contributed by atoms with E-state index in [0.717, 1.165) is 18.6 Å². The summed E-state index contributed by atoms with van der Waals surface area (Å²) < 4.78 is 15.2. The van der Waals surface area contributed by atoms with E-state index in [0.29, 0.717) is 5.75 Å². The molecular formula is C34H50O6W2. The van der Waals surface area contributed by atoms with Crippen LogP contribution in [-0.4, -0.2) is 26.7 Å². The number of ether oxygens (including phenoxy) is 3. The molecule has 8 heteroatoms. The van der Waals surface area contributed by atoms with Gasteiger partial charge in [-0.25, -0.2) is 0 Å². The molecule has 42 heavy (non-hydrogen) atoms. The fourth-order valence-electron chi connectivity index (χ4n) is 3.47. The standard InChI is InChI=1S/C27H28O6.C2H3.4CH4.CH3.2W/c1-4-32-33-19-31-27-13-7-23(8-14-27)16-25-10-9-24(20(2)21(25)3)15-22-5-11-26(12-6-22)30-18-29-17-28;1-2;;;;;;;/h5-14H,1,4,15-16,18-19H2,2-3H3;1H,2H2;4*1H4;1H3;;/q-2;-1;;;;;-1;2*+2. The number of rotatable bonds is 13. The average molecular weight is 922 g/mol. The molecule has 0 heterocycles. The molecule has 0 atom stereocenters. The Morgan fingerprint density at radius 3 is 1.43 bits per heavy atom. The summed E-state index contributed by atoms with van der Waals surface area (Å²) in [6.45, 7) is 16.3. The van der Waals surface area contributed by atoms with Crippen LogP contribution in [0.4, 0.5) is 0 Å². The van der Waals surface area contributed by atoms with E-state index in [9.17, 15) is 4.79 Å². The molecule has 0 N–H and O–H groups in total. The van der Waals surface area contributed by atoms with E-state index in [2.05, 4.69) is 62.9 Å². The van der Waals surface area contributed by atoms with E-state index >= 15 is 0 Å². The Morgan fingerprint density at radius 1 is 0.690 bits per heavy atom. The van der Waals surface area contributed by atoms with Crippen molar-refractivity contribution in [2.75, 3.05) is 20.2 Å². The zero-order valence-corrected chi connectivity index (χ0v) is 27.9. The quantitative estimate of drug-likeness (QED) is 0.0563. The van der Waals surface area contributed by atoms with Crippen molar-refractivity contribution in [1.29, 1.82) is 0 Å². The van der Waals surface area contributed by atoms with Gasteiger partial charge in [-0.15, -0.1) is 0 Å². The normalized spacial score (nSPS) is 8.45. The van der Waals surface area contributed by atoms with Gasteiger partial charge in [0.15, 0.2) is 6.79 Å². The largest absolute Gasteiger partial charge is 2.00 e. The van der Waals surface area contributed by atoms with Crippen molar-refractivity contribution in [3.63, 3.8) is 0 Å². The molecule has 0 radical (unpaired) electrons. The fourth-order valence-corrected chi connectivity index (χ4v) is 3.47. The van der Waals surface area contributed by atoms with Gasteiger partial charge in [0.2, 0.25) is 6.79 Å². The molecule has 0 saturated heterocycles. The topological polar surface area (TPSA) is 63.2 Å². The first-order valence-electron chi connectivity index (χ1n) is 11.1. The Balaban J connectivity index is -0.000000352. The Hall–Kier alpha value is -2.23. The summed E-state index contributed by atoms with van der Waals surface area (Å²) in [5.41, 5.74) is 7.57. The van der Waals surface area contributed by atoms with Gasteiger partial charge in [-0.1, -0.05) is 72.6 Å². The third-order valence-corrected chi connectivity index (χ3v) is 5.43. The van der Waals surface area contributed by atoms with Gasteiger partial charge in [0, 0.05) is 0 Å². The summed E-state index contributed by atoms with van der Waals surface area (Å²) in [6, 6.07) is 20.1. The Labute approximate surface area is 285 Å². The molecule has 0 aliphatic carbocycles. The zero-order valence-electron chi connectivity index (χ0n) is 22.1. The van der Waals surface area contributed by atoms with Crippen LogP contribution in [0, 0.1) is 34.8 Å². The first kappa shape index (κ1) is 52.4. The number of hydrogen-bond acceptors (Lipinski definition) is 6. The SMILES string of the molecule is C.C.C.C.[CH-]=C.[CH2-]COOCOc1ccc(Cc2ccc(Cc3ccc(OCO[C-]=O)cc3)c(C)c2C)cc1.[CH3-].[W+2].[W+2]. The summed E-state index contributed by atoms with van der Waals surface area (Å²) in [6.07, 6.45) is 1.68. The van der Waals surface area contributed by atoms with Gasteiger partial charge in [-0.2, -0.15) is 4.89 Å². The number of benzene rings is 3. The van der Waals surface area contributed by atoms with Crippen LogP contribution in [0.1, 0.15) is 63.1 Å². The molecule has 6 nitrogen and oxygen atoms in total. The van der Waals surface area contributed by atoms with Crippen LogP contribution in [0.5, 0.6) is 11.5 Å². The van der Waals surface area contributed by atoms with Crippen molar-refractivity contribution in [3.05, 3.63) is 122 Å². The van der Waals surface area contributed by atoms with E-state index < -0.39 is 0 Å². The molecule has 0 saturated carbocycles. The predicted octanol–water partition coefficient (Wildman–Crippen LogP) is 8.62. The minimum Gasteiger partial charge on any atom is -0.626 e. The second kappa shape index (κ2) is 30.2. The summed E-state index contributed by atoms with van der Waals surface area (Å²) in [5, 5.41) is 0. The van der Waals surface area contributed by atoms with E-state index in [1.165, 1.54) is 39.9 Å². The Kier molecular flexibility index (Phi) is 37.7. The fraction of sp³-hybridized carbons (Fsp3) is 0.324. The van der Waals surface area contributed by atoms with Gasteiger partial charge in [0.25, 0.3) is 0 Å². The van der Waals surface area contributed by atoms with Crippen molar-refractivity contribution < 1.29 is 70.9 Å². The third kappa shape index (κ3) is 17.7. The Bertz CT molecular complexity index is 1040. The van der Waals surface area contributed by atoms with Crippen LogP contribution in [0.15, 0.2) is 67.2 Å². The monoisotopic (exact) mass is 922 g/mol. The maximum Gasteiger partial charge on any atom is 2.00 e. The van der Waals surface area contributed by atoms with Crippen LogP contribution in [0.25, 0.3) is 0 Å². The minimum absolute atomic E-state index is 0. The summed E-state index contributed by atoms with van der Waals surface area (Å²) in [5.74, 6) is 1.37. The minimum atomic E-state index is -0.140. The maximum absolute atomic E-state index is 10.1. The van der Waals surface area contributed by atoms with Crippen molar-refractivity contribution in [1.82, 2.24) is 0 Å². The molecule has 3 aromatic rings. The van der Waals surface area contributed by atoms with Gasteiger partial charge < -0.3 is 39.9 Å². The second-order valence-electron chi connectivity index (χ2n) is 7.47. The molecule has 0 amide bonds. The van der Waals surface area contributed by atoms with Gasteiger partial charge in [-0.3, -0.25) is 11.5 Å². The van der Waals surface area contributed by atoms with Crippen LogP contribution in [0.2, 0.25) is 0 Å². The molecule has 234 valence electrons. The Morgan fingerprint density at radius 2 is 1.07 bits per heavy atom. The summed E-state index contributed by atoms with van der Waals surface area (Å²) in [4.78, 5) is 19.6. The van der Waals surface area contributed by atoms with Crippen molar-refractivity contribution in [2.45, 2.75) is 56.4 Å². The van der Waals surface area contributed by atoms with E-state index in [-0.39, 0.29) is 99.5 Å². The first-order valence-corrected chi connectivity index (χ1v) is 11.1. The number of hydrogen-bond donors (Lipinski definition) is 0. The molecule has 0 aromatic heterocycles. The van der Waals surface area contributed by atoms with Crippen molar-refractivity contribution in [3.8, 4) is 11.5 Å². The van der Waals surface area contributed by atoms with Crippen LogP contribution in [0.3, 0.4) is 0 Å². The molecule has 0 aliphatic heterocycles. The maximum atomic E-state index is 10.1. The van der Waals surface area contributed by atoms with Gasteiger partial charge >= 0.3 is 42.1 Å². The summed E-state index contributed by atoms with van der Waals surface area (Å²) in [7, 11) is 0. The van der Waals surface area contributed by atoms with Crippen LogP contribution >= 0.6 is 0 Å². The van der Waals surface area contributed by atoms with Crippen molar-refractivity contribution >= 4 is 6.47 Å². The van der Waals surface area contributed by atoms with Crippen LogP contribution in [-0.2, 0) is 74.3 Å². The smallest absolute Gasteiger partial charge is 0.626 e. The molecule has 0 bridgehead atoms. The average Bonchev–Trinajstić information content (AvgIpc) is 2.89. The predicted molar refractivity (Wildman–Crippen MR) is 168 cm³/mol. The molecule has 3 aromatic carbocycles. The van der Waals surface area contributed by atoms with Gasteiger partial charge in [0.1, 0.15) is 11.5 Å². The third-order valence-electron chi connectivity index (χ3n) is 5.43. The van der Waals surface area contributed by atoms with E-state index in [4.69, 9.17) is 19.2 Å². The van der Waals surface area contributed by atoms with E-state index in [1.54, 1.807) is 0 Å². The second-order valence-corrected chi connectivity index (χ2v) is 7.47. The van der Waals surface area contributed by atoms with Gasteiger partial charge in [0.05, 0.1) is 0 Å². The molecule has 0 fully saturated rings. The molecule has 0 spiro atoms. The molecule has 0 aliphatic rings. The summed E-state index contributed by atoms with van der Waals surface area (Å²) >= 11 is 0. The number of carbonyl (C=O) groups excluding carboxylic acids is 1. The first-order chi connectivity index (χ1) is 17.1. The van der Waals surface area contributed by atoms with E-state index in [1.807, 2.05) is 36.4 Å². The molecule has 3 rings (SSSR count). The molecular weight excluding hydrogens is 872 g/mol. The van der Waals surface area contributed by atoms with Gasteiger partial charge in [-0.05, 0) is 90.9 Å².